The summed E-state index contributed by atoms with van der Waals surface area (Å²) in [6.07, 6.45) is -6.91. The van der Waals surface area contributed by atoms with Crippen LogP contribution in [-0.2, 0) is 30.5 Å². The molecule has 0 radical (unpaired) electrons. The number of rotatable bonds is 6. The van der Waals surface area contributed by atoms with Crippen molar-refractivity contribution in [1.82, 2.24) is 19.7 Å². The maximum Gasteiger partial charge on any atom is 0.490 e. The van der Waals surface area contributed by atoms with E-state index in [-0.39, 0.29) is 23.5 Å². The van der Waals surface area contributed by atoms with Crippen LogP contribution in [0.2, 0.25) is 0 Å². The van der Waals surface area contributed by atoms with E-state index in [1.54, 1.807) is 18.1 Å². The highest BCUT2D eigenvalue weighted by Gasteiger charge is 2.51. The van der Waals surface area contributed by atoms with E-state index < -0.39 is 24.3 Å². The van der Waals surface area contributed by atoms with Gasteiger partial charge in [-0.1, -0.05) is 19.9 Å². The molecule has 17 heteroatoms. The van der Waals surface area contributed by atoms with Crippen LogP contribution in [0.4, 0.5) is 26.3 Å². The Morgan fingerprint density at radius 1 is 1.05 bits per heavy atom. The van der Waals surface area contributed by atoms with E-state index in [4.69, 9.17) is 24.5 Å². The van der Waals surface area contributed by atoms with Crippen LogP contribution in [0.25, 0.3) is 0 Å². The first-order chi connectivity index (χ1) is 19.2. The van der Waals surface area contributed by atoms with Gasteiger partial charge in [0.05, 0.1) is 31.9 Å². The van der Waals surface area contributed by atoms with Crippen molar-refractivity contribution < 1.29 is 60.5 Å². The zero-order valence-electron chi connectivity index (χ0n) is 23.4. The summed E-state index contributed by atoms with van der Waals surface area (Å²) in [5, 5.41) is 14.2. The number of likely N-dealkylation sites (N-methyl/N-ethyl adjacent to an activating group) is 2. The third-order valence-electron chi connectivity index (χ3n) is 6.13. The van der Waals surface area contributed by atoms with Crippen LogP contribution >= 0.6 is 0 Å². The second kappa shape index (κ2) is 15.1. The van der Waals surface area contributed by atoms with Gasteiger partial charge in [-0.25, -0.2) is 9.59 Å². The van der Waals surface area contributed by atoms with Crippen molar-refractivity contribution in [2.75, 3.05) is 40.3 Å². The third kappa shape index (κ3) is 11.8. The minimum Gasteiger partial charge on any atom is -0.475 e. The average molecular weight is 617 g/mol. The van der Waals surface area contributed by atoms with Gasteiger partial charge in [-0.05, 0) is 31.5 Å². The first-order valence-electron chi connectivity index (χ1n) is 12.6. The first-order valence-corrected chi connectivity index (χ1v) is 12.6. The maximum atomic E-state index is 12.9. The van der Waals surface area contributed by atoms with Crippen molar-refractivity contribution >= 4 is 23.8 Å². The van der Waals surface area contributed by atoms with E-state index in [1.165, 1.54) is 0 Å². The van der Waals surface area contributed by atoms with E-state index in [9.17, 15) is 35.9 Å². The predicted octanol–water partition coefficient (Wildman–Crippen LogP) is 2.65. The van der Waals surface area contributed by atoms with Crippen LogP contribution in [0.5, 0.6) is 0 Å². The lowest BCUT2D eigenvalue weighted by Gasteiger charge is -2.55. The smallest absolute Gasteiger partial charge is 0.475 e. The molecule has 2 N–H and O–H groups in total. The highest BCUT2D eigenvalue weighted by molar-refractivity contribution is 5.82. The molecule has 0 saturated carbocycles. The number of pyridine rings is 1. The monoisotopic (exact) mass is 616 g/mol. The van der Waals surface area contributed by atoms with E-state index in [1.807, 2.05) is 30.1 Å². The standard InChI is InChI=1S/C21H32N4O3.2C2HF3O2/c1-16(2)8-9-19(26)25-14-21(15-25)13-24(4)18(12-28-21)20(27)23(3)11-17-7-5-6-10-22-17;2*3-2(4,5)1(6)7/h5-7,10,16,18H,8-9,11-15H2,1-4H3;2*(H,6,7). The molecule has 2 aliphatic rings. The fourth-order valence-electron chi connectivity index (χ4n) is 3.91. The maximum absolute atomic E-state index is 12.9. The zero-order valence-corrected chi connectivity index (χ0v) is 23.4. The number of carbonyl (C=O) groups excluding carboxylic acids is 2. The van der Waals surface area contributed by atoms with Crippen LogP contribution in [-0.4, -0.2) is 118 Å². The highest BCUT2D eigenvalue weighted by atomic mass is 19.4. The van der Waals surface area contributed by atoms with Crippen molar-refractivity contribution in [1.29, 1.82) is 0 Å². The number of amides is 2. The molecule has 3 rings (SSSR count). The van der Waals surface area contributed by atoms with Gasteiger partial charge < -0.3 is 24.7 Å². The van der Waals surface area contributed by atoms with Crippen molar-refractivity contribution in [2.24, 2.45) is 5.92 Å². The van der Waals surface area contributed by atoms with Crippen LogP contribution in [0.1, 0.15) is 32.4 Å². The lowest BCUT2D eigenvalue weighted by molar-refractivity contribution is -0.203. The molecule has 3 heterocycles. The molecular formula is C25H34F6N4O7. The SMILES string of the molecule is CC(C)CCC(=O)N1CC2(C1)CN(C)C(C(=O)N(C)Cc1ccccn1)CO2.O=C(O)C(F)(F)F.O=C(O)C(F)(F)F. The van der Waals surface area contributed by atoms with Gasteiger partial charge in [-0.3, -0.25) is 19.5 Å². The Morgan fingerprint density at radius 2 is 1.57 bits per heavy atom. The number of aliphatic carboxylic acids is 2. The van der Waals surface area contributed by atoms with E-state index in [0.29, 0.717) is 45.1 Å². The molecule has 238 valence electrons. The fraction of sp³-hybridized carbons (Fsp3) is 0.640. The third-order valence-corrected chi connectivity index (χ3v) is 6.13. The first kappa shape index (κ1) is 36.6. The molecule has 0 aliphatic carbocycles. The van der Waals surface area contributed by atoms with Gasteiger partial charge in [0.15, 0.2) is 0 Å². The number of aromatic nitrogens is 1. The molecule has 1 aromatic heterocycles. The van der Waals surface area contributed by atoms with Crippen LogP contribution < -0.4 is 0 Å². The summed E-state index contributed by atoms with van der Waals surface area (Å²) < 4.78 is 69.6. The summed E-state index contributed by atoms with van der Waals surface area (Å²) in [4.78, 5) is 52.9. The summed E-state index contributed by atoms with van der Waals surface area (Å²) in [5.74, 6) is -4.74. The Hall–Kier alpha value is -3.47. The van der Waals surface area contributed by atoms with Gasteiger partial charge in [0.2, 0.25) is 11.8 Å². The number of alkyl halides is 6. The van der Waals surface area contributed by atoms with Crippen molar-refractivity contribution in [3.63, 3.8) is 0 Å². The summed E-state index contributed by atoms with van der Waals surface area (Å²) in [6.45, 7) is 7.01. The molecule has 1 unspecified atom stereocenters. The second-order valence-electron chi connectivity index (χ2n) is 10.2. The number of carbonyl (C=O) groups is 4. The van der Waals surface area contributed by atoms with Gasteiger partial charge in [0.1, 0.15) is 11.6 Å². The van der Waals surface area contributed by atoms with Gasteiger partial charge in [-0.2, -0.15) is 26.3 Å². The van der Waals surface area contributed by atoms with Crippen molar-refractivity contribution in [3.05, 3.63) is 30.1 Å². The normalized spacial score (nSPS) is 18.2. The summed E-state index contributed by atoms with van der Waals surface area (Å²) >= 11 is 0. The molecule has 42 heavy (non-hydrogen) atoms. The topological polar surface area (TPSA) is 141 Å². The van der Waals surface area contributed by atoms with E-state index >= 15 is 0 Å². The van der Waals surface area contributed by atoms with E-state index in [2.05, 4.69) is 23.7 Å². The molecule has 2 fully saturated rings. The van der Waals surface area contributed by atoms with Crippen molar-refractivity contribution in [3.8, 4) is 0 Å². The molecule has 2 aliphatic heterocycles. The summed E-state index contributed by atoms with van der Waals surface area (Å²) in [7, 11) is 3.76. The number of carboxylic acids is 2. The lowest BCUT2D eigenvalue weighted by atomic mass is 9.90. The second-order valence-corrected chi connectivity index (χ2v) is 10.2. The van der Waals surface area contributed by atoms with Gasteiger partial charge in [0.25, 0.3) is 0 Å². The number of halogens is 6. The average Bonchev–Trinajstić information content (AvgIpc) is 2.85. The van der Waals surface area contributed by atoms with Crippen LogP contribution in [0, 0.1) is 5.92 Å². The lowest BCUT2D eigenvalue weighted by Crippen LogP contribution is -2.73. The van der Waals surface area contributed by atoms with Gasteiger partial charge in [0, 0.05) is 26.2 Å². The molecule has 0 bridgehead atoms. The Kier molecular flexibility index (Phi) is 13.2. The molecule has 0 aromatic carbocycles. The quantitative estimate of drug-likeness (QED) is 0.462. The largest absolute Gasteiger partial charge is 0.490 e. The number of carboxylic acid groups (broad SMARTS) is 2. The predicted molar refractivity (Wildman–Crippen MR) is 134 cm³/mol. The van der Waals surface area contributed by atoms with Gasteiger partial charge >= 0.3 is 24.3 Å². The Bertz CT molecular complexity index is 1040. The Morgan fingerprint density at radius 3 is 1.98 bits per heavy atom. The molecule has 11 nitrogen and oxygen atoms in total. The van der Waals surface area contributed by atoms with Crippen molar-refractivity contribution in [2.45, 2.75) is 57.2 Å². The number of morpholine rings is 1. The van der Waals surface area contributed by atoms with Gasteiger partial charge in [-0.15, -0.1) is 0 Å². The molecule has 2 amide bonds. The number of hydrogen-bond donors (Lipinski definition) is 2. The zero-order chi connectivity index (χ0) is 32.5. The fourth-order valence-corrected chi connectivity index (χ4v) is 3.91. The molecule has 2 saturated heterocycles. The van der Waals surface area contributed by atoms with E-state index in [0.717, 1.165) is 12.1 Å². The molecule has 1 spiro atoms. The minimum atomic E-state index is -5.08. The Balaban J connectivity index is 0.000000522. The Labute approximate surface area is 238 Å². The van der Waals surface area contributed by atoms with Crippen LogP contribution in [0.15, 0.2) is 24.4 Å². The number of likely N-dealkylation sites (tertiary alicyclic amines) is 1. The highest BCUT2D eigenvalue weighted by Crippen LogP contribution is 2.31. The summed E-state index contributed by atoms with van der Waals surface area (Å²) in [5.41, 5.74) is 0.544. The molecular weight excluding hydrogens is 582 g/mol. The summed E-state index contributed by atoms with van der Waals surface area (Å²) in [6, 6.07) is 5.40. The molecule has 1 atom stereocenters. The van der Waals surface area contributed by atoms with Crippen LogP contribution in [0.3, 0.4) is 0 Å². The number of hydrogen-bond acceptors (Lipinski definition) is 7. The number of nitrogens with zero attached hydrogens (tertiary/aromatic N) is 4. The number of ether oxygens (including phenoxy) is 1. The minimum absolute atomic E-state index is 0.0344. The molecule has 1 aromatic rings.